The Balaban J connectivity index is 2.10. The van der Waals surface area contributed by atoms with Crippen molar-refractivity contribution < 1.29 is 13.9 Å². The number of hydrogen-bond donors (Lipinski definition) is 0. The van der Waals surface area contributed by atoms with Gasteiger partial charge in [-0.15, -0.1) is 0 Å². The third kappa shape index (κ3) is 3.54. The Morgan fingerprint density at radius 1 is 1.58 bits per heavy atom. The van der Waals surface area contributed by atoms with Crippen LogP contribution in [0.2, 0.25) is 0 Å². The normalized spacial score (nSPS) is 19.5. The van der Waals surface area contributed by atoms with Crippen molar-refractivity contribution in [1.82, 2.24) is 4.90 Å². The number of likely N-dealkylation sites (tertiary alicyclic amines) is 1. The molecule has 0 bridgehead atoms. The van der Waals surface area contributed by atoms with Crippen LogP contribution in [-0.2, 0) is 4.74 Å². The first-order valence-electron chi connectivity index (χ1n) is 6.35. The first-order chi connectivity index (χ1) is 9.11. The topological polar surface area (TPSA) is 29.5 Å². The summed E-state index contributed by atoms with van der Waals surface area (Å²) < 4.78 is 18.7. The number of methoxy groups -OCH3 is 1. The minimum absolute atomic E-state index is 0.0484. The summed E-state index contributed by atoms with van der Waals surface area (Å²) in [6, 6.07) is 4.17. The highest BCUT2D eigenvalue weighted by Crippen LogP contribution is 2.23. The molecule has 0 aliphatic carbocycles. The number of piperidine rings is 1. The third-order valence-corrected chi connectivity index (χ3v) is 4.03. The van der Waals surface area contributed by atoms with E-state index >= 15 is 0 Å². The molecule has 1 aliphatic heterocycles. The van der Waals surface area contributed by atoms with Gasteiger partial charge in [-0.05, 0) is 52.9 Å². The molecule has 3 nitrogen and oxygen atoms in total. The van der Waals surface area contributed by atoms with Crippen molar-refractivity contribution in [3.63, 3.8) is 0 Å². The number of carbonyl (C=O) groups is 1. The van der Waals surface area contributed by atoms with Gasteiger partial charge in [0, 0.05) is 24.7 Å². The average Bonchev–Trinajstić information content (AvgIpc) is 2.39. The van der Waals surface area contributed by atoms with Gasteiger partial charge in [-0.3, -0.25) is 4.79 Å². The lowest BCUT2D eigenvalue weighted by Gasteiger charge is -2.32. The number of nitrogens with zero attached hydrogens (tertiary/aromatic N) is 1. The fraction of sp³-hybridized carbons (Fsp3) is 0.500. The zero-order valence-corrected chi connectivity index (χ0v) is 12.5. The van der Waals surface area contributed by atoms with Crippen molar-refractivity contribution in [2.45, 2.75) is 12.8 Å². The molecule has 0 radical (unpaired) electrons. The number of hydrogen-bond acceptors (Lipinski definition) is 2. The Kier molecular flexibility index (Phi) is 4.93. The molecule has 1 amide bonds. The van der Waals surface area contributed by atoms with E-state index in [1.54, 1.807) is 7.11 Å². The SMILES string of the molecule is COCC1CCCN(C(=O)c2ccc(F)cc2Br)C1. The van der Waals surface area contributed by atoms with Gasteiger partial charge in [-0.25, -0.2) is 4.39 Å². The quantitative estimate of drug-likeness (QED) is 0.852. The van der Waals surface area contributed by atoms with Gasteiger partial charge in [0.25, 0.3) is 5.91 Å². The molecule has 0 spiro atoms. The van der Waals surface area contributed by atoms with Gasteiger partial charge in [0.15, 0.2) is 0 Å². The fourth-order valence-corrected chi connectivity index (χ4v) is 2.97. The van der Waals surface area contributed by atoms with Crippen LogP contribution in [0.4, 0.5) is 4.39 Å². The lowest BCUT2D eigenvalue weighted by molar-refractivity contribution is 0.0570. The molecule has 0 N–H and O–H groups in total. The maximum absolute atomic E-state index is 13.0. The molecule has 1 fully saturated rings. The van der Waals surface area contributed by atoms with Crippen LogP contribution in [0.15, 0.2) is 22.7 Å². The number of halogens is 2. The molecule has 1 saturated heterocycles. The van der Waals surface area contributed by atoms with Crippen molar-refractivity contribution in [3.8, 4) is 0 Å². The second-order valence-electron chi connectivity index (χ2n) is 4.84. The van der Waals surface area contributed by atoms with Crippen molar-refractivity contribution >= 4 is 21.8 Å². The first kappa shape index (κ1) is 14.5. The molecule has 0 saturated carbocycles. The van der Waals surface area contributed by atoms with E-state index in [1.807, 2.05) is 4.90 Å². The summed E-state index contributed by atoms with van der Waals surface area (Å²) in [5.41, 5.74) is 0.513. The number of carbonyl (C=O) groups excluding carboxylic acids is 1. The van der Waals surface area contributed by atoms with Crippen LogP contribution in [0, 0.1) is 11.7 Å². The highest BCUT2D eigenvalue weighted by molar-refractivity contribution is 9.10. The molecule has 1 aromatic carbocycles. The van der Waals surface area contributed by atoms with Gasteiger partial charge in [-0.2, -0.15) is 0 Å². The summed E-state index contributed by atoms with van der Waals surface area (Å²) in [5.74, 6) is -0.00562. The van der Waals surface area contributed by atoms with E-state index in [4.69, 9.17) is 4.74 Å². The van der Waals surface area contributed by atoms with Crippen molar-refractivity contribution in [2.75, 3.05) is 26.8 Å². The molecular formula is C14H17BrFNO2. The summed E-state index contributed by atoms with van der Waals surface area (Å²) >= 11 is 3.25. The fourth-order valence-electron chi connectivity index (χ4n) is 2.45. The number of rotatable bonds is 3. The second kappa shape index (κ2) is 6.48. The predicted octanol–water partition coefficient (Wildman–Crippen LogP) is 3.09. The first-order valence-corrected chi connectivity index (χ1v) is 7.14. The van der Waals surface area contributed by atoms with Gasteiger partial charge in [0.2, 0.25) is 0 Å². The lowest BCUT2D eigenvalue weighted by atomic mass is 9.98. The Morgan fingerprint density at radius 3 is 3.05 bits per heavy atom. The molecule has 1 aliphatic rings. The Bertz CT molecular complexity index is 465. The maximum atomic E-state index is 13.0. The molecular weight excluding hydrogens is 313 g/mol. The van der Waals surface area contributed by atoms with Crippen molar-refractivity contribution in [3.05, 3.63) is 34.1 Å². The Hall–Kier alpha value is -0.940. The van der Waals surface area contributed by atoms with Crippen LogP contribution >= 0.6 is 15.9 Å². The van der Waals surface area contributed by atoms with Crippen molar-refractivity contribution in [2.24, 2.45) is 5.92 Å². The van der Waals surface area contributed by atoms with Crippen LogP contribution in [0.3, 0.4) is 0 Å². The summed E-state index contributed by atoms with van der Waals surface area (Å²) in [5, 5.41) is 0. The summed E-state index contributed by atoms with van der Waals surface area (Å²) in [6.45, 7) is 2.13. The number of ether oxygens (including phenoxy) is 1. The monoisotopic (exact) mass is 329 g/mol. The second-order valence-corrected chi connectivity index (χ2v) is 5.69. The Morgan fingerprint density at radius 2 is 2.37 bits per heavy atom. The van der Waals surface area contributed by atoms with E-state index in [9.17, 15) is 9.18 Å². The smallest absolute Gasteiger partial charge is 0.255 e. The van der Waals surface area contributed by atoms with Crippen LogP contribution < -0.4 is 0 Å². The Labute approximate surface area is 120 Å². The summed E-state index contributed by atoms with van der Waals surface area (Å²) in [6.07, 6.45) is 2.07. The number of benzene rings is 1. The van der Waals surface area contributed by atoms with E-state index in [0.29, 0.717) is 29.1 Å². The van der Waals surface area contributed by atoms with Gasteiger partial charge >= 0.3 is 0 Å². The van der Waals surface area contributed by atoms with Gasteiger partial charge in [0.05, 0.1) is 12.2 Å². The zero-order chi connectivity index (χ0) is 13.8. The molecule has 1 atom stereocenters. The van der Waals surface area contributed by atoms with Crippen LogP contribution in [-0.4, -0.2) is 37.6 Å². The number of amides is 1. The van der Waals surface area contributed by atoms with Crippen molar-refractivity contribution in [1.29, 1.82) is 0 Å². The van der Waals surface area contributed by atoms with Crippen LogP contribution in [0.25, 0.3) is 0 Å². The molecule has 1 aromatic rings. The molecule has 1 heterocycles. The van der Waals surface area contributed by atoms with E-state index in [1.165, 1.54) is 18.2 Å². The van der Waals surface area contributed by atoms with Crippen LogP contribution in [0.5, 0.6) is 0 Å². The summed E-state index contributed by atoms with van der Waals surface area (Å²) in [7, 11) is 1.68. The molecule has 104 valence electrons. The molecule has 0 aromatic heterocycles. The zero-order valence-electron chi connectivity index (χ0n) is 10.9. The predicted molar refractivity (Wildman–Crippen MR) is 74.6 cm³/mol. The lowest BCUT2D eigenvalue weighted by Crippen LogP contribution is -2.41. The van der Waals surface area contributed by atoms with E-state index in [0.717, 1.165) is 19.4 Å². The highest BCUT2D eigenvalue weighted by atomic mass is 79.9. The molecule has 19 heavy (non-hydrogen) atoms. The summed E-state index contributed by atoms with van der Waals surface area (Å²) in [4.78, 5) is 14.2. The average molecular weight is 330 g/mol. The maximum Gasteiger partial charge on any atom is 0.255 e. The van der Waals surface area contributed by atoms with Gasteiger partial charge in [0.1, 0.15) is 5.82 Å². The molecule has 5 heteroatoms. The van der Waals surface area contributed by atoms with E-state index in [-0.39, 0.29) is 11.7 Å². The van der Waals surface area contributed by atoms with E-state index in [2.05, 4.69) is 15.9 Å². The molecule has 2 rings (SSSR count). The minimum atomic E-state index is -0.348. The highest BCUT2D eigenvalue weighted by Gasteiger charge is 2.25. The third-order valence-electron chi connectivity index (χ3n) is 3.37. The minimum Gasteiger partial charge on any atom is -0.384 e. The largest absolute Gasteiger partial charge is 0.384 e. The van der Waals surface area contributed by atoms with Gasteiger partial charge in [-0.1, -0.05) is 0 Å². The molecule has 1 unspecified atom stereocenters. The van der Waals surface area contributed by atoms with E-state index < -0.39 is 0 Å². The standard InChI is InChI=1S/C14H17BrFNO2/c1-19-9-10-3-2-6-17(8-10)14(18)12-5-4-11(16)7-13(12)15/h4-5,7,10H,2-3,6,8-9H2,1H3. The van der Waals surface area contributed by atoms with Gasteiger partial charge < -0.3 is 9.64 Å². The van der Waals surface area contributed by atoms with Crippen LogP contribution in [0.1, 0.15) is 23.2 Å².